The van der Waals surface area contributed by atoms with Gasteiger partial charge >= 0.3 is 0 Å². The third kappa shape index (κ3) is 3.82. The van der Waals surface area contributed by atoms with E-state index in [0.29, 0.717) is 15.7 Å². The number of anilines is 1. The van der Waals surface area contributed by atoms with E-state index in [1.807, 2.05) is 6.07 Å². The number of carbonyl (C=O) groups excluding carboxylic acids is 1. The Morgan fingerprint density at radius 3 is 2.92 bits per heavy atom. The molecule has 0 aliphatic heterocycles. The second-order valence-corrected chi connectivity index (χ2v) is 6.60. The van der Waals surface area contributed by atoms with Crippen molar-refractivity contribution >= 4 is 34.0 Å². The molecule has 0 bridgehead atoms. The number of aromatic nitrogens is 2. The molecule has 1 aromatic carbocycles. The maximum absolute atomic E-state index is 12.9. The van der Waals surface area contributed by atoms with Crippen molar-refractivity contribution in [2.24, 2.45) is 0 Å². The minimum absolute atomic E-state index is 0.166. The number of thiophene rings is 1. The van der Waals surface area contributed by atoms with Crippen molar-refractivity contribution in [3.8, 4) is 17.3 Å². The molecule has 0 aliphatic carbocycles. The van der Waals surface area contributed by atoms with Crippen molar-refractivity contribution in [2.45, 2.75) is 5.16 Å². The van der Waals surface area contributed by atoms with Gasteiger partial charge in [-0.3, -0.25) is 4.79 Å². The van der Waals surface area contributed by atoms with Crippen molar-refractivity contribution in [3.05, 3.63) is 53.3 Å². The molecule has 120 valence electrons. The van der Waals surface area contributed by atoms with E-state index in [9.17, 15) is 9.18 Å². The number of aromatic amines is 1. The zero-order valence-corrected chi connectivity index (χ0v) is 13.9. The van der Waals surface area contributed by atoms with Crippen LogP contribution in [0.3, 0.4) is 0 Å². The predicted molar refractivity (Wildman–Crippen MR) is 92.4 cm³/mol. The number of nitrogens with one attached hydrogen (secondary N) is 2. The Kier molecular flexibility index (Phi) is 4.93. The van der Waals surface area contributed by atoms with Crippen LogP contribution < -0.4 is 5.32 Å². The summed E-state index contributed by atoms with van der Waals surface area (Å²) in [5.41, 5.74) is 2.02. The summed E-state index contributed by atoms with van der Waals surface area (Å²) >= 11 is 2.56. The van der Waals surface area contributed by atoms with Crippen LogP contribution in [0.5, 0.6) is 0 Å². The SMILES string of the molecule is N#Cc1ccsc1NC(=O)CSc1ncc(-c2ccc(F)cc2)[nH]1. The first-order chi connectivity index (χ1) is 11.7. The first-order valence-electron chi connectivity index (χ1n) is 6.87. The second kappa shape index (κ2) is 7.29. The predicted octanol–water partition coefficient (Wildman–Crippen LogP) is 3.88. The number of rotatable bonds is 5. The van der Waals surface area contributed by atoms with Crippen LogP contribution in [0.25, 0.3) is 11.3 Å². The lowest BCUT2D eigenvalue weighted by atomic mass is 10.2. The summed E-state index contributed by atoms with van der Waals surface area (Å²) in [5.74, 6) is -0.340. The summed E-state index contributed by atoms with van der Waals surface area (Å²) in [6, 6.07) is 9.76. The van der Waals surface area contributed by atoms with Gasteiger partial charge in [-0.05, 0) is 41.3 Å². The number of nitriles is 1. The molecule has 0 fully saturated rings. The molecule has 0 atom stereocenters. The van der Waals surface area contributed by atoms with Gasteiger partial charge in [0.05, 0.1) is 23.2 Å². The van der Waals surface area contributed by atoms with Crippen molar-refractivity contribution in [3.63, 3.8) is 0 Å². The number of hydrogen-bond donors (Lipinski definition) is 2. The molecular formula is C16H11FN4OS2. The van der Waals surface area contributed by atoms with Crippen molar-refractivity contribution in [1.82, 2.24) is 9.97 Å². The second-order valence-electron chi connectivity index (χ2n) is 4.72. The van der Waals surface area contributed by atoms with Crippen LogP contribution in [0.1, 0.15) is 5.56 Å². The first-order valence-corrected chi connectivity index (χ1v) is 8.73. The molecule has 0 unspecified atom stereocenters. The van der Waals surface area contributed by atoms with E-state index in [1.165, 1.54) is 35.2 Å². The fourth-order valence-electron chi connectivity index (χ4n) is 1.94. The van der Waals surface area contributed by atoms with E-state index < -0.39 is 0 Å². The summed E-state index contributed by atoms with van der Waals surface area (Å²) < 4.78 is 12.9. The lowest BCUT2D eigenvalue weighted by Gasteiger charge is -2.02. The van der Waals surface area contributed by atoms with Crippen LogP contribution in [0, 0.1) is 17.1 Å². The summed E-state index contributed by atoms with van der Waals surface area (Å²) in [6.45, 7) is 0. The van der Waals surface area contributed by atoms with Gasteiger partial charge < -0.3 is 10.3 Å². The smallest absolute Gasteiger partial charge is 0.235 e. The molecule has 0 saturated carbocycles. The number of imidazole rings is 1. The van der Waals surface area contributed by atoms with Crippen LogP contribution in [0.4, 0.5) is 9.39 Å². The molecule has 1 amide bonds. The van der Waals surface area contributed by atoms with Gasteiger partial charge in [-0.1, -0.05) is 11.8 Å². The third-order valence-electron chi connectivity index (χ3n) is 3.09. The van der Waals surface area contributed by atoms with Gasteiger partial charge in [0.15, 0.2) is 5.16 Å². The average molecular weight is 358 g/mol. The van der Waals surface area contributed by atoms with Crippen LogP contribution in [0.15, 0.2) is 47.1 Å². The van der Waals surface area contributed by atoms with Crippen molar-refractivity contribution < 1.29 is 9.18 Å². The molecule has 5 nitrogen and oxygen atoms in total. The highest BCUT2D eigenvalue weighted by Crippen LogP contribution is 2.24. The number of halogens is 1. The average Bonchev–Trinajstić information content (AvgIpc) is 3.22. The summed E-state index contributed by atoms with van der Waals surface area (Å²) in [4.78, 5) is 19.2. The van der Waals surface area contributed by atoms with Gasteiger partial charge in [-0.2, -0.15) is 5.26 Å². The Morgan fingerprint density at radius 2 is 2.17 bits per heavy atom. The third-order valence-corrected chi connectivity index (χ3v) is 4.80. The van der Waals surface area contributed by atoms with Crippen molar-refractivity contribution in [1.29, 1.82) is 5.26 Å². The Morgan fingerprint density at radius 1 is 1.38 bits per heavy atom. The molecule has 2 heterocycles. The van der Waals surface area contributed by atoms with Crippen LogP contribution in [0.2, 0.25) is 0 Å². The van der Waals surface area contributed by atoms with Gasteiger partial charge in [0.25, 0.3) is 0 Å². The van der Waals surface area contributed by atoms with Crippen LogP contribution in [-0.4, -0.2) is 21.6 Å². The Balaban J connectivity index is 1.58. The van der Waals surface area contributed by atoms with Gasteiger partial charge in [0.1, 0.15) is 16.9 Å². The summed E-state index contributed by atoms with van der Waals surface area (Å²) in [5, 5.41) is 14.5. The topological polar surface area (TPSA) is 81.6 Å². The molecule has 24 heavy (non-hydrogen) atoms. The Hall–Kier alpha value is -2.63. The maximum Gasteiger partial charge on any atom is 0.235 e. The van der Waals surface area contributed by atoms with Gasteiger partial charge in [-0.25, -0.2) is 9.37 Å². The number of nitrogens with zero attached hydrogens (tertiary/aromatic N) is 2. The number of hydrogen-bond acceptors (Lipinski definition) is 5. The normalized spacial score (nSPS) is 10.3. The number of carbonyl (C=O) groups is 1. The fraction of sp³-hybridized carbons (Fsp3) is 0.0625. The molecule has 3 aromatic rings. The fourth-order valence-corrected chi connectivity index (χ4v) is 3.35. The Labute approximate surface area is 145 Å². The standard InChI is InChI=1S/C16H11FN4OS2/c17-12-3-1-10(2-4-12)13-8-19-16(20-13)24-9-14(22)21-15-11(7-18)5-6-23-15/h1-6,8H,9H2,(H,19,20)(H,21,22). The van der Waals surface area contributed by atoms with E-state index in [-0.39, 0.29) is 17.5 Å². The van der Waals surface area contributed by atoms with E-state index in [1.54, 1.807) is 29.8 Å². The molecule has 0 saturated heterocycles. The number of thioether (sulfide) groups is 1. The number of H-pyrrole nitrogens is 1. The summed E-state index contributed by atoms with van der Waals surface area (Å²) in [6.07, 6.45) is 1.64. The molecule has 2 N–H and O–H groups in total. The first kappa shape index (κ1) is 16.2. The molecule has 0 spiro atoms. The Bertz CT molecular complexity index is 895. The van der Waals surface area contributed by atoms with Gasteiger partial charge in [-0.15, -0.1) is 11.3 Å². The lowest BCUT2D eigenvalue weighted by Crippen LogP contribution is -2.13. The minimum atomic E-state index is -0.296. The molecule has 0 radical (unpaired) electrons. The number of amides is 1. The van der Waals surface area contributed by atoms with Crippen LogP contribution in [-0.2, 0) is 4.79 Å². The highest BCUT2D eigenvalue weighted by Gasteiger charge is 2.10. The van der Waals surface area contributed by atoms with Crippen LogP contribution >= 0.6 is 23.1 Å². The molecule has 2 aromatic heterocycles. The zero-order chi connectivity index (χ0) is 16.9. The highest BCUT2D eigenvalue weighted by molar-refractivity contribution is 7.99. The highest BCUT2D eigenvalue weighted by atomic mass is 32.2. The van der Waals surface area contributed by atoms with Crippen molar-refractivity contribution in [2.75, 3.05) is 11.1 Å². The quantitative estimate of drug-likeness (QED) is 0.678. The van der Waals surface area contributed by atoms with E-state index >= 15 is 0 Å². The maximum atomic E-state index is 12.9. The largest absolute Gasteiger partial charge is 0.333 e. The molecule has 3 rings (SSSR count). The van der Waals surface area contributed by atoms with E-state index in [0.717, 1.165) is 11.3 Å². The van der Waals surface area contributed by atoms with E-state index in [4.69, 9.17) is 5.26 Å². The van der Waals surface area contributed by atoms with E-state index in [2.05, 4.69) is 15.3 Å². The summed E-state index contributed by atoms with van der Waals surface area (Å²) in [7, 11) is 0. The lowest BCUT2D eigenvalue weighted by molar-refractivity contribution is -0.113. The van der Waals surface area contributed by atoms with Gasteiger partial charge in [0, 0.05) is 0 Å². The molecule has 0 aliphatic rings. The zero-order valence-electron chi connectivity index (χ0n) is 12.2. The monoisotopic (exact) mass is 358 g/mol. The van der Waals surface area contributed by atoms with Gasteiger partial charge in [0.2, 0.25) is 5.91 Å². The number of benzene rings is 1. The molecular weight excluding hydrogens is 347 g/mol. The molecule has 8 heteroatoms. The minimum Gasteiger partial charge on any atom is -0.333 e.